The Bertz CT molecular complexity index is 633. The molecule has 1 atom stereocenters. The van der Waals surface area contributed by atoms with Gasteiger partial charge < -0.3 is 9.84 Å². The molecule has 0 spiro atoms. The number of nitrogens with zero attached hydrogens (tertiary/aromatic N) is 1. The van der Waals surface area contributed by atoms with Crippen molar-refractivity contribution in [1.82, 2.24) is 4.90 Å². The summed E-state index contributed by atoms with van der Waals surface area (Å²) < 4.78 is 5.76. The molecule has 0 unspecified atom stereocenters. The zero-order valence-corrected chi connectivity index (χ0v) is 13.0. The van der Waals surface area contributed by atoms with E-state index in [2.05, 4.69) is 4.90 Å². The van der Waals surface area contributed by atoms with Crippen molar-refractivity contribution in [1.29, 1.82) is 0 Å². The van der Waals surface area contributed by atoms with Crippen LogP contribution in [0, 0.1) is 0 Å². The monoisotopic (exact) mass is 311 g/mol. The van der Waals surface area contributed by atoms with E-state index in [-0.39, 0.29) is 0 Å². The third kappa shape index (κ3) is 4.11. The highest BCUT2D eigenvalue weighted by Gasteiger charge is 2.27. The standard InChI is InChI=1S/C19H21NO3/c21-19(22)18(20-12-4-5-13-20)14-15-8-10-17(11-9-15)23-16-6-2-1-3-7-16/h1-3,6-11,18H,4-5,12-14H2,(H,21,22)/t18-/m0/s1. The first kappa shape index (κ1) is 15.6. The fraction of sp³-hybridized carbons (Fsp3) is 0.316. The second-order valence-electron chi connectivity index (χ2n) is 5.86. The minimum Gasteiger partial charge on any atom is -0.480 e. The number of hydrogen-bond donors (Lipinski definition) is 1. The predicted octanol–water partition coefficient (Wildman–Crippen LogP) is 3.57. The Morgan fingerprint density at radius 3 is 2.22 bits per heavy atom. The van der Waals surface area contributed by atoms with E-state index in [1.807, 2.05) is 54.6 Å². The second-order valence-corrected chi connectivity index (χ2v) is 5.86. The summed E-state index contributed by atoms with van der Waals surface area (Å²) in [6.45, 7) is 1.76. The average Bonchev–Trinajstić information content (AvgIpc) is 3.09. The van der Waals surface area contributed by atoms with Crippen LogP contribution in [0.15, 0.2) is 54.6 Å². The number of benzene rings is 2. The number of hydrogen-bond acceptors (Lipinski definition) is 3. The molecule has 1 fully saturated rings. The number of para-hydroxylation sites is 1. The third-order valence-electron chi connectivity index (χ3n) is 4.20. The summed E-state index contributed by atoms with van der Waals surface area (Å²) in [7, 11) is 0. The topological polar surface area (TPSA) is 49.8 Å². The molecule has 4 heteroatoms. The molecule has 4 nitrogen and oxygen atoms in total. The van der Waals surface area contributed by atoms with Gasteiger partial charge in [-0.2, -0.15) is 0 Å². The molecule has 0 amide bonds. The minimum atomic E-state index is -0.739. The molecule has 0 aliphatic carbocycles. The molecule has 1 N–H and O–H groups in total. The van der Waals surface area contributed by atoms with Crippen molar-refractivity contribution in [3.8, 4) is 11.5 Å². The lowest BCUT2D eigenvalue weighted by molar-refractivity contribution is -0.142. The molecule has 1 aliphatic rings. The fourth-order valence-electron chi connectivity index (χ4n) is 2.97. The van der Waals surface area contributed by atoms with Gasteiger partial charge in [-0.25, -0.2) is 0 Å². The number of ether oxygens (including phenoxy) is 1. The van der Waals surface area contributed by atoms with Crippen LogP contribution in [-0.4, -0.2) is 35.1 Å². The SMILES string of the molecule is O=C(O)[C@H](Cc1ccc(Oc2ccccc2)cc1)N1CCCC1. The number of carbonyl (C=O) groups is 1. The summed E-state index contributed by atoms with van der Waals surface area (Å²) in [5.74, 6) is 0.810. The van der Waals surface area contributed by atoms with Crippen molar-refractivity contribution in [2.24, 2.45) is 0 Å². The molecule has 1 aliphatic heterocycles. The van der Waals surface area contributed by atoms with E-state index >= 15 is 0 Å². The van der Waals surface area contributed by atoms with Crippen molar-refractivity contribution in [2.75, 3.05) is 13.1 Å². The van der Waals surface area contributed by atoms with Gasteiger partial charge in [0.15, 0.2) is 0 Å². The van der Waals surface area contributed by atoms with Gasteiger partial charge in [-0.1, -0.05) is 30.3 Å². The van der Waals surface area contributed by atoms with E-state index in [0.29, 0.717) is 6.42 Å². The average molecular weight is 311 g/mol. The Morgan fingerprint density at radius 2 is 1.61 bits per heavy atom. The molecule has 2 aromatic carbocycles. The molecule has 1 saturated heterocycles. The van der Waals surface area contributed by atoms with Crippen LogP contribution in [0.1, 0.15) is 18.4 Å². The van der Waals surface area contributed by atoms with Crippen LogP contribution in [0.5, 0.6) is 11.5 Å². The predicted molar refractivity (Wildman–Crippen MR) is 88.9 cm³/mol. The Hall–Kier alpha value is -2.33. The number of rotatable bonds is 6. The maximum absolute atomic E-state index is 11.5. The smallest absolute Gasteiger partial charge is 0.321 e. The van der Waals surface area contributed by atoms with Gasteiger partial charge in [-0.15, -0.1) is 0 Å². The Labute approximate surface area is 136 Å². The fourth-order valence-corrected chi connectivity index (χ4v) is 2.97. The maximum Gasteiger partial charge on any atom is 0.321 e. The van der Waals surface area contributed by atoms with E-state index in [1.165, 1.54) is 0 Å². The van der Waals surface area contributed by atoms with Gasteiger partial charge in [0.05, 0.1) is 0 Å². The van der Waals surface area contributed by atoms with Crippen LogP contribution < -0.4 is 4.74 Å². The molecule has 2 aromatic rings. The quantitative estimate of drug-likeness (QED) is 0.886. The summed E-state index contributed by atoms with van der Waals surface area (Å²) in [4.78, 5) is 13.6. The van der Waals surface area contributed by atoms with E-state index in [0.717, 1.165) is 43.0 Å². The number of likely N-dealkylation sites (tertiary alicyclic amines) is 1. The molecule has 0 radical (unpaired) electrons. The molecule has 0 saturated carbocycles. The van der Waals surface area contributed by atoms with Crippen LogP contribution in [0.3, 0.4) is 0 Å². The van der Waals surface area contributed by atoms with Crippen LogP contribution in [0.4, 0.5) is 0 Å². The zero-order chi connectivity index (χ0) is 16.1. The van der Waals surface area contributed by atoms with Crippen molar-refractivity contribution < 1.29 is 14.6 Å². The first-order chi connectivity index (χ1) is 11.2. The number of carboxylic acids is 1. The minimum absolute atomic E-state index is 0.432. The lowest BCUT2D eigenvalue weighted by Gasteiger charge is -2.23. The first-order valence-corrected chi connectivity index (χ1v) is 8.01. The molecule has 1 heterocycles. The molecule has 3 rings (SSSR count). The van der Waals surface area contributed by atoms with Crippen LogP contribution in [-0.2, 0) is 11.2 Å². The number of carboxylic acid groups (broad SMARTS) is 1. The highest BCUT2D eigenvalue weighted by molar-refractivity contribution is 5.74. The van der Waals surface area contributed by atoms with Crippen LogP contribution >= 0.6 is 0 Å². The lowest BCUT2D eigenvalue weighted by atomic mass is 10.0. The Morgan fingerprint density at radius 1 is 1.00 bits per heavy atom. The Kier molecular flexibility index (Phi) is 4.93. The third-order valence-corrected chi connectivity index (χ3v) is 4.20. The summed E-state index contributed by atoms with van der Waals surface area (Å²) in [5, 5.41) is 9.48. The van der Waals surface area contributed by atoms with Gasteiger partial charge in [-0.3, -0.25) is 9.69 Å². The van der Waals surface area contributed by atoms with Crippen LogP contribution in [0.2, 0.25) is 0 Å². The highest BCUT2D eigenvalue weighted by atomic mass is 16.5. The van der Waals surface area contributed by atoms with Gasteiger partial charge in [0, 0.05) is 0 Å². The van der Waals surface area contributed by atoms with E-state index < -0.39 is 12.0 Å². The van der Waals surface area contributed by atoms with Crippen molar-refractivity contribution in [3.05, 3.63) is 60.2 Å². The van der Waals surface area contributed by atoms with E-state index in [4.69, 9.17) is 4.74 Å². The van der Waals surface area contributed by atoms with E-state index in [1.54, 1.807) is 0 Å². The zero-order valence-electron chi connectivity index (χ0n) is 13.0. The van der Waals surface area contributed by atoms with Crippen molar-refractivity contribution >= 4 is 5.97 Å². The summed E-state index contributed by atoms with van der Waals surface area (Å²) in [6.07, 6.45) is 2.71. The summed E-state index contributed by atoms with van der Waals surface area (Å²) in [5.41, 5.74) is 1.02. The highest BCUT2D eigenvalue weighted by Crippen LogP contribution is 2.22. The molecule has 0 aromatic heterocycles. The second kappa shape index (κ2) is 7.29. The van der Waals surface area contributed by atoms with Gasteiger partial charge in [0.25, 0.3) is 0 Å². The lowest BCUT2D eigenvalue weighted by Crippen LogP contribution is -2.40. The first-order valence-electron chi connectivity index (χ1n) is 8.01. The Balaban J connectivity index is 1.65. The van der Waals surface area contributed by atoms with Crippen molar-refractivity contribution in [3.63, 3.8) is 0 Å². The summed E-state index contributed by atoms with van der Waals surface area (Å²) >= 11 is 0. The molecular weight excluding hydrogens is 290 g/mol. The van der Waals surface area contributed by atoms with Gasteiger partial charge >= 0.3 is 5.97 Å². The largest absolute Gasteiger partial charge is 0.480 e. The van der Waals surface area contributed by atoms with E-state index in [9.17, 15) is 9.90 Å². The molecule has 0 bridgehead atoms. The molecular formula is C19H21NO3. The van der Waals surface area contributed by atoms with Crippen LogP contribution in [0.25, 0.3) is 0 Å². The number of aliphatic carboxylic acids is 1. The van der Waals surface area contributed by atoms with Crippen molar-refractivity contribution in [2.45, 2.75) is 25.3 Å². The molecule has 23 heavy (non-hydrogen) atoms. The summed E-state index contributed by atoms with van der Waals surface area (Å²) in [6, 6.07) is 16.9. The molecule has 120 valence electrons. The van der Waals surface area contributed by atoms with Gasteiger partial charge in [0.2, 0.25) is 0 Å². The maximum atomic E-state index is 11.5. The van der Waals surface area contributed by atoms with Gasteiger partial charge in [-0.05, 0) is 62.2 Å². The normalized spacial score (nSPS) is 16.2. The van der Waals surface area contributed by atoms with Gasteiger partial charge in [0.1, 0.15) is 17.5 Å².